The van der Waals surface area contributed by atoms with Gasteiger partial charge in [-0.25, -0.2) is 8.78 Å². The highest BCUT2D eigenvalue weighted by Crippen LogP contribution is 2.40. The molecule has 0 fully saturated rings. The number of halogens is 2. The highest BCUT2D eigenvalue weighted by Gasteiger charge is 2.21. The molecule has 0 bridgehead atoms. The first-order chi connectivity index (χ1) is 8.75. The predicted molar refractivity (Wildman–Crippen MR) is 71.1 cm³/mol. The molecule has 2 aromatic rings. The summed E-state index contributed by atoms with van der Waals surface area (Å²) in [6.45, 7) is 0. The molecule has 1 aliphatic heterocycles. The van der Waals surface area contributed by atoms with Crippen molar-refractivity contribution in [3.63, 3.8) is 0 Å². The van der Waals surface area contributed by atoms with E-state index in [1.165, 1.54) is 18.2 Å². The van der Waals surface area contributed by atoms with Crippen LogP contribution in [0.1, 0.15) is 5.56 Å². The van der Waals surface area contributed by atoms with Crippen LogP contribution >= 0.6 is 11.9 Å². The summed E-state index contributed by atoms with van der Waals surface area (Å²) >= 11 is 1.55. The highest BCUT2D eigenvalue weighted by molar-refractivity contribution is 8.01. The largest absolute Gasteiger partial charge is 0.281 e. The Morgan fingerprint density at radius 2 is 1.83 bits per heavy atom. The van der Waals surface area contributed by atoms with E-state index in [0.717, 1.165) is 23.4 Å². The minimum absolute atomic E-state index is 0.242. The third-order valence-corrected chi connectivity index (χ3v) is 3.96. The van der Waals surface area contributed by atoms with Crippen LogP contribution in [0, 0.1) is 11.6 Å². The Bertz CT molecular complexity index is 586. The molecular formula is C14H11F2NS. The van der Waals surface area contributed by atoms with Crippen LogP contribution in [0.3, 0.4) is 0 Å². The average molecular weight is 263 g/mol. The summed E-state index contributed by atoms with van der Waals surface area (Å²) in [6, 6.07) is 11.3. The van der Waals surface area contributed by atoms with Gasteiger partial charge in [-0.3, -0.25) is 4.31 Å². The Hall–Kier alpha value is -1.55. The Morgan fingerprint density at radius 1 is 1.00 bits per heavy atom. The molecule has 0 aromatic heterocycles. The number of anilines is 2. The molecule has 0 atom stereocenters. The number of hydrogen-bond acceptors (Lipinski definition) is 2. The van der Waals surface area contributed by atoms with Gasteiger partial charge in [0.25, 0.3) is 0 Å². The standard InChI is InChI=1S/C14H11F2NS/c15-11-5-6-13-10(9-11)7-8-18-17(13)14-4-2-1-3-12(14)16/h1-6,9H,7-8H2. The molecule has 0 amide bonds. The molecule has 0 aliphatic carbocycles. The molecule has 1 aliphatic rings. The van der Waals surface area contributed by atoms with Crippen LogP contribution in [0.25, 0.3) is 0 Å². The summed E-state index contributed by atoms with van der Waals surface area (Å²) in [6.07, 6.45) is 0.808. The van der Waals surface area contributed by atoms with Gasteiger partial charge in [-0.15, -0.1) is 0 Å². The summed E-state index contributed by atoms with van der Waals surface area (Å²) in [4.78, 5) is 0. The number of benzene rings is 2. The molecule has 18 heavy (non-hydrogen) atoms. The van der Waals surface area contributed by atoms with Gasteiger partial charge in [0.2, 0.25) is 0 Å². The fourth-order valence-electron chi connectivity index (χ4n) is 2.08. The van der Waals surface area contributed by atoms with E-state index in [4.69, 9.17) is 0 Å². The number of aryl methyl sites for hydroxylation is 1. The smallest absolute Gasteiger partial charge is 0.147 e. The van der Waals surface area contributed by atoms with Gasteiger partial charge in [0.15, 0.2) is 0 Å². The summed E-state index contributed by atoms with van der Waals surface area (Å²) in [5, 5.41) is 0. The quantitative estimate of drug-likeness (QED) is 0.705. The first-order valence-electron chi connectivity index (χ1n) is 5.72. The fraction of sp³-hybridized carbons (Fsp3) is 0.143. The van der Waals surface area contributed by atoms with Crippen molar-refractivity contribution in [2.75, 3.05) is 10.1 Å². The lowest BCUT2D eigenvalue weighted by molar-refractivity contribution is 0.625. The van der Waals surface area contributed by atoms with Gasteiger partial charge in [0.1, 0.15) is 11.6 Å². The second-order valence-corrected chi connectivity index (χ2v) is 5.13. The molecule has 1 heterocycles. The van der Waals surface area contributed by atoms with Crippen LogP contribution < -0.4 is 4.31 Å². The van der Waals surface area contributed by atoms with Crippen molar-refractivity contribution in [2.45, 2.75) is 6.42 Å². The maximum Gasteiger partial charge on any atom is 0.147 e. The molecule has 92 valence electrons. The van der Waals surface area contributed by atoms with Gasteiger partial charge in [0.05, 0.1) is 11.4 Å². The maximum absolute atomic E-state index is 13.8. The van der Waals surface area contributed by atoms with E-state index in [1.807, 2.05) is 4.31 Å². The van der Waals surface area contributed by atoms with Crippen molar-refractivity contribution in [3.05, 3.63) is 59.7 Å². The SMILES string of the molecule is Fc1ccc2c(c1)CCSN2c1ccccc1F. The Morgan fingerprint density at radius 3 is 2.67 bits per heavy atom. The molecule has 4 heteroatoms. The van der Waals surface area contributed by atoms with Crippen LogP contribution in [0.2, 0.25) is 0 Å². The summed E-state index contributed by atoms with van der Waals surface area (Å²) in [7, 11) is 0. The summed E-state index contributed by atoms with van der Waals surface area (Å²) in [5.41, 5.74) is 2.32. The van der Waals surface area contributed by atoms with E-state index in [2.05, 4.69) is 0 Å². The van der Waals surface area contributed by atoms with Gasteiger partial charge >= 0.3 is 0 Å². The lowest BCUT2D eigenvalue weighted by Crippen LogP contribution is -2.17. The minimum Gasteiger partial charge on any atom is -0.281 e. The second-order valence-electron chi connectivity index (χ2n) is 4.10. The molecule has 0 saturated carbocycles. The first-order valence-corrected chi connectivity index (χ1v) is 6.66. The molecule has 2 aromatic carbocycles. The Labute approximate surface area is 109 Å². The van der Waals surface area contributed by atoms with Crippen molar-refractivity contribution in [1.82, 2.24) is 0 Å². The number of nitrogens with zero attached hydrogens (tertiary/aromatic N) is 1. The molecule has 0 unspecified atom stereocenters. The summed E-state index contributed by atoms with van der Waals surface area (Å²) < 4.78 is 28.9. The van der Waals surface area contributed by atoms with Crippen LogP contribution in [0.15, 0.2) is 42.5 Å². The van der Waals surface area contributed by atoms with Crippen molar-refractivity contribution in [2.24, 2.45) is 0 Å². The normalized spacial score (nSPS) is 14.4. The van der Waals surface area contributed by atoms with Crippen LogP contribution in [0.5, 0.6) is 0 Å². The molecular weight excluding hydrogens is 252 g/mol. The number of fused-ring (bicyclic) bond motifs is 1. The third-order valence-electron chi connectivity index (χ3n) is 2.92. The van der Waals surface area contributed by atoms with Gasteiger partial charge in [-0.1, -0.05) is 12.1 Å². The van der Waals surface area contributed by atoms with E-state index in [1.54, 1.807) is 36.2 Å². The van der Waals surface area contributed by atoms with Crippen molar-refractivity contribution >= 4 is 23.3 Å². The maximum atomic E-state index is 13.8. The molecule has 0 radical (unpaired) electrons. The van der Waals surface area contributed by atoms with E-state index < -0.39 is 0 Å². The fourth-order valence-corrected chi connectivity index (χ4v) is 3.18. The molecule has 0 N–H and O–H groups in total. The van der Waals surface area contributed by atoms with Crippen LogP contribution in [-0.2, 0) is 6.42 Å². The van der Waals surface area contributed by atoms with Crippen LogP contribution in [0.4, 0.5) is 20.2 Å². The van der Waals surface area contributed by atoms with E-state index in [0.29, 0.717) is 5.69 Å². The van der Waals surface area contributed by atoms with E-state index >= 15 is 0 Å². The zero-order valence-corrected chi connectivity index (χ0v) is 10.4. The van der Waals surface area contributed by atoms with Crippen LogP contribution in [-0.4, -0.2) is 5.75 Å². The predicted octanol–water partition coefficient (Wildman–Crippen LogP) is 4.31. The zero-order chi connectivity index (χ0) is 12.5. The monoisotopic (exact) mass is 263 g/mol. The molecule has 0 spiro atoms. The molecule has 0 saturated heterocycles. The number of rotatable bonds is 1. The van der Waals surface area contributed by atoms with Gasteiger partial charge in [0, 0.05) is 5.75 Å². The van der Waals surface area contributed by atoms with E-state index in [9.17, 15) is 8.78 Å². The second kappa shape index (κ2) is 4.61. The van der Waals surface area contributed by atoms with Crippen molar-refractivity contribution < 1.29 is 8.78 Å². The van der Waals surface area contributed by atoms with Gasteiger partial charge in [-0.2, -0.15) is 0 Å². The Balaban J connectivity index is 2.09. The molecule has 1 nitrogen and oxygen atoms in total. The average Bonchev–Trinajstić information content (AvgIpc) is 2.38. The number of para-hydroxylation sites is 1. The lowest BCUT2D eigenvalue weighted by Gasteiger charge is -2.30. The van der Waals surface area contributed by atoms with Crippen molar-refractivity contribution in [3.8, 4) is 0 Å². The topological polar surface area (TPSA) is 3.24 Å². The lowest BCUT2D eigenvalue weighted by atomic mass is 10.1. The highest BCUT2D eigenvalue weighted by atomic mass is 32.2. The van der Waals surface area contributed by atoms with Gasteiger partial charge < -0.3 is 0 Å². The first kappa shape index (κ1) is 11.5. The zero-order valence-electron chi connectivity index (χ0n) is 9.57. The van der Waals surface area contributed by atoms with Gasteiger partial charge in [-0.05, 0) is 54.3 Å². The Kier molecular flexibility index (Phi) is 2.96. The number of hydrogen-bond donors (Lipinski definition) is 0. The van der Waals surface area contributed by atoms with E-state index in [-0.39, 0.29) is 11.6 Å². The minimum atomic E-state index is -0.262. The summed E-state index contributed by atoms with van der Waals surface area (Å²) in [5.74, 6) is 0.321. The van der Waals surface area contributed by atoms with Crippen molar-refractivity contribution in [1.29, 1.82) is 0 Å². The third kappa shape index (κ3) is 1.97. The molecule has 3 rings (SSSR count).